The third-order valence-corrected chi connectivity index (χ3v) is 6.06. The number of aromatic nitrogens is 4. The number of pyridine rings is 2. The van der Waals surface area contributed by atoms with E-state index in [0.29, 0.717) is 41.6 Å². The van der Waals surface area contributed by atoms with Gasteiger partial charge >= 0.3 is 0 Å². The van der Waals surface area contributed by atoms with Gasteiger partial charge in [-0.25, -0.2) is 9.97 Å². The van der Waals surface area contributed by atoms with Crippen LogP contribution in [0.2, 0.25) is 0 Å². The molecule has 2 aliphatic rings. The summed E-state index contributed by atoms with van der Waals surface area (Å²) in [5.41, 5.74) is 0.618. The molecular formula is C23H25N7O6. The van der Waals surface area contributed by atoms with E-state index in [2.05, 4.69) is 25.6 Å². The molecule has 3 aromatic rings. The van der Waals surface area contributed by atoms with Crippen LogP contribution in [0.1, 0.15) is 12.8 Å². The lowest BCUT2D eigenvalue weighted by molar-refractivity contribution is -0.118. The molecule has 1 fully saturated rings. The van der Waals surface area contributed by atoms with Crippen molar-refractivity contribution in [3.63, 3.8) is 0 Å². The number of anilines is 2. The van der Waals surface area contributed by atoms with Crippen LogP contribution in [-0.2, 0) is 16.1 Å². The number of hydrogen-bond donors (Lipinski definition) is 3. The number of hydrogen-bond acceptors (Lipinski definition) is 10. The van der Waals surface area contributed by atoms with Crippen LogP contribution in [0.5, 0.6) is 11.6 Å². The highest BCUT2D eigenvalue weighted by molar-refractivity contribution is 5.97. The summed E-state index contributed by atoms with van der Waals surface area (Å²) in [7, 11) is 1.49. The number of rotatable bonds is 8. The minimum Gasteiger partial charge on any atom is -0.481 e. The highest BCUT2D eigenvalue weighted by Crippen LogP contribution is 2.30. The Morgan fingerprint density at radius 1 is 1.25 bits per heavy atom. The number of aryl methyl sites for hydroxylation is 1. The van der Waals surface area contributed by atoms with E-state index in [1.165, 1.54) is 22.8 Å². The molecule has 3 aromatic heterocycles. The minimum absolute atomic E-state index is 0.0677. The number of carbonyl (C=O) groups excluding carboxylic acids is 2. The minimum atomic E-state index is -0.760. The monoisotopic (exact) mass is 495 g/mol. The number of carbonyl (C=O) groups is 2. The van der Waals surface area contributed by atoms with Crippen molar-refractivity contribution in [2.24, 2.45) is 0 Å². The first-order valence-corrected chi connectivity index (χ1v) is 11.5. The summed E-state index contributed by atoms with van der Waals surface area (Å²) >= 11 is 0. The molecule has 1 saturated heterocycles. The number of amides is 2. The van der Waals surface area contributed by atoms with Crippen LogP contribution in [-0.4, -0.2) is 75.4 Å². The fourth-order valence-corrected chi connectivity index (χ4v) is 4.20. The first-order valence-electron chi connectivity index (χ1n) is 11.5. The number of methoxy groups -OCH3 is 1. The van der Waals surface area contributed by atoms with Crippen molar-refractivity contribution in [3.8, 4) is 11.6 Å². The van der Waals surface area contributed by atoms with Crippen LogP contribution < -0.4 is 30.6 Å². The Hall–Kier alpha value is -4.10. The zero-order chi connectivity index (χ0) is 25.2. The van der Waals surface area contributed by atoms with Gasteiger partial charge in [0.25, 0.3) is 11.5 Å². The Labute approximate surface area is 205 Å². The molecular weight excluding hydrogens is 470 g/mol. The SMILES string of the molecule is COc1ccc2ncc(=O)n(CC[C@@H](O)CN[C@H]3CC(=O)N(c4ccc5c(n4)NC(=O)CO5)C3)c2n1. The van der Waals surface area contributed by atoms with E-state index in [1.807, 2.05) is 0 Å². The highest BCUT2D eigenvalue weighted by Gasteiger charge is 2.32. The fourth-order valence-electron chi connectivity index (χ4n) is 4.20. The number of fused-ring (bicyclic) bond motifs is 2. The van der Waals surface area contributed by atoms with Gasteiger partial charge in [-0.05, 0) is 24.6 Å². The quantitative estimate of drug-likeness (QED) is 0.377. The molecule has 188 valence electrons. The van der Waals surface area contributed by atoms with Crippen molar-refractivity contribution in [3.05, 3.63) is 40.8 Å². The van der Waals surface area contributed by atoms with Crippen LogP contribution in [0.4, 0.5) is 11.6 Å². The van der Waals surface area contributed by atoms with E-state index in [0.717, 1.165) is 0 Å². The second kappa shape index (κ2) is 9.87. The molecule has 0 spiro atoms. The third kappa shape index (κ3) is 4.83. The van der Waals surface area contributed by atoms with Gasteiger partial charge in [0.1, 0.15) is 11.3 Å². The Morgan fingerprint density at radius 3 is 2.94 bits per heavy atom. The predicted molar refractivity (Wildman–Crippen MR) is 128 cm³/mol. The number of nitrogens with zero attached hydrogens (tertiary/aromatic N) is 5. The van der Waals surface area contributed by atoms with E-state index in [9.17, 15) is 19.5 Å². The summed E-state index contributed by atoms with van der Waals surface area (Å²) in [4.78, 5) is 50.8. The molecule has 2 atom stereocenters. The lowest BCUT2D eigenvalue weighted by Gasteiger charge is -2.21. The van der Waals surface area contributed by atoms with Gasteiger partial charge in [0.15, 0.2) is 23.8 Å². The Kier molecular flexibility index (Phi) is 6.48. The van der Waals surface area contributed by atoms with E-state index in [1.54, 1.807) is 24.3 Å². The topological polar surface area (TPSA) is 161 Å². The molecule has 0 aliphatic carbocycles. The summed E-state index contributed by atoms with van der Waals surface area (Å²) in [5.74, 6) is 1.11. The molecule has 0 bridgehead atoms. The molecule has 5 rings (SSSR count). The molecule has 13 heteroatoms. The van der Waals surface area contributed by atoms with Gasteiger partial charge in [0.05, 0.1) is 19.4 Å². The van der Waals surface area contributed by atoms with Gasteiger partial charge < -0.3 is 25.2 Å². The molecule has 0 saturated carbocycles. The summed E-state index contributed by atoms with van der Waals surface area (Å²) in [5, 5.41) is 16.4. The van der Waals surface area contributed by atoms with Crippen LogP contribution >= 0.6 is 0 Å². The third-order valence-electron chi connectivity index (χ3n) is 6.06. The van der Waals surface area contributed by atoms with Crippen molar-refractivity contribution < 1.29 is 24.2 Å². The van der Waals surface area contributed by atoms with Crippen molar-refractivity contribution in [2.45, 2.75) is 31.5 Å². The standard InChI is InChI=1S/C23H25N7O6/c1-35-19-5-2-15-23(28-19)29(21(34)10-25-15)7-6-14(31)9-24-13-8-20(33)30(11-13)17-4-3-16-22(26-17)27-18(32)12-36-16/h2-5,10,13-14,24,31H,6-9,11-12H2,1H3,(H,26,27,32)/t13-,14+/m0/s1. The van der Waals surface area contributed by atoms with Crippen molar-refractivity contribution >= 4 is 34.6 Å². The molecule has 36 heavy (non-hydrogen) atoms. The first-order chi connectivity index (χ1) is 17.4. The van der Waals surface area contributed by atoms with Gasteiger partial charge in [-0.15, -0.1) is 0 Å². The maximum absolute atomic E-state index is 12.6. The van der Waals surface area contributed by atoms with E-state index in [4.69, 9.17) is 9.47 Å². The van der Waals surface area contributed by atoms with Gasteiger partial charge in [-0.2, -0.15) is 4.98 Å². The van der Waals surface area contributed by atoms with Crippen LogP contribution in [0.15, 0.2) is 35.3 Å². The lowest BCUT2D eigenvalue weighted by atomic mass is 10.2. The average molecular weight is 495 g/mol. The second-order valence-corrected chi connectivity index (χ2v) is 8.55. The summed E-state index contributed by atoms with van der Waals surface area (Å²) in [6, 6.07) is 6.54. The van der Waals surface area contributed by atoms with Crippen LogP contribution in [0.3, 0.4) is 0 Å². The molecule has 3 N–H and O–H groups in total. The Balaban J connectivity index is 1.18. The molecule has 0 unspecified atom stereocenters. The van der Waals surface area contributed by atoms with Gasteiger partial charge in [-0.1, -0.05) is 0 Å². The smallest absolute Gasteiger partial charge is 0.270 e. The van der Waals surface area contributed by atoms with Crippen LogP contribution in [0.25, 0.3) is 11.2 Å². The lowest BCUT2D eigenvalue weighted by Crippen LogP contribution is -2.38. The fraction of sp³-hybridized carbons (Fsp3) is 0.391. The number of ether oxygens (including phenoxy) is 2. The molecule has 0 radical (unpaired) electrons. The summed E-state index contributed by atoms with van der Waals surface area (Å²) < 4.78 is 11.9. The first kappa shape index (κ1) is 23.6. The van der Waals surface area contributed by atoms with Gasteiger partial charge in [-0.3, -0.25) is 23.9 Å². The zero-order valence-electron chi connectivity index (χ0n) is 19.5. The molecule has 0 aromatic carbocycles. The Morgan fingerprint density at radius 2 is 2.11 bits per heavy atom. The van der Waals surface area contributed by atoms with E-state index < -0.39 is 6.10 Å². The summed E-state index contributed by atoms with van der Waals surface area (Å²) in [6.07, 6.45) is 1.00. The number of aliphatic hydroxyl groups is 1. The molecule has 5 heterocycles. The maximum Gasteiger partial charge on any atom is 0.270 e. The van der Waals surface area contributed by atoms with Gasteiger partial charge in [0, 0.05) is 38.2 Å². The van der Waals surface area contributed by atoms with E-state index >= 15 is 0 Å². The van der Waals surface area contributed by atoms with Crippen LogP contribution in [0, 0.1) is 0 Å². The largest absolute Gasteiger partial charge is 0.481 e. The molecule has 2 aliphatic heterocycles. The zero-order valence-corrected chi connectivity index (χ0v) is 19.5. The number of nitrogens with one attached hydrogen (secondary N) is 2. The average Bonchev–Trinajstić information content (AvgIpc) is 3.26. The normalized spacial score (nSPS) is 18.1. The van der Waals surface area contributed by atoms with Crippen molar-refractivity contribution in [1.82, 2.24) is 24.8 Å². The van der Waals surface area contributed by atoms with Crippen molar-refractivity contribution in [1.29, 1.82) is 0 Å². The number of aliphatic hydroxyl groups excluding tert-OH is 1. The Bertz CT molecular complexity index is 1380. The summed E-state index contributed by atoms with van der Waals surface area (Å²) in [6.45, 7) is 0.775. The molecule has 13 nitrogen and oxygen atoms in total. The van der Waals surface area contributed by atoms with Crippen molar-refractivity contribution in [2.75, 3.05) is 37.0 Å². The highest BCUT2D eigenvalue weighted by atomic mass is 16.5. The molecule has 2 amide bonds. The van der Waals surface area contributed by atoms with Gasteiger partial charge in [0.2, 0.25) is 11.8 Å². The maximum atomic E-state index is 12.6. The second-order valence-electron chi connectivity index (χ2n) is 8.55. The predicted octanol–water partition coefficient (Wildman–Crippen LogP) is -0.328. The van der Waals surface area contributed by atoms with E-state index in [-0.39, 0.29) is 55.4 Å².